The van der Waals surface area contributed by atoms with E-state index in [0.717, 1.165) is 49.6 Å². The van der Waals surface area contributed by atoms with E-state index in [1.807, 2.05) is 121 Å². The quantitative estimate of drug-likeness (QED) is 0.202. The number of anilines is 1. The monoisotopic (exact) mass is 644 g/mol. The molecule has 0 radical (unpaired) electrons. The van der Waals surface area contributed by atoms with Crippen LogP contribution in [0.5, 0.6) is 0 Å². The predicted octanol–water partition coefficient (Wildman–Crippen LogP) is 9.70. The molecule has 0 bridgehead atoms. The topological polar surface area (TPSA) is 82.2 Å². The Morgan fingerprint density at radius 1 is 0.600 bits per heavy atom. The van der Waals surface area contributed by atoms with Gasteiger partial charge in [0, 0.05) is 27.5 Å². The Balaban J connectivity index is 1.21. The van der Waals surface area contributed by atoms with E-state index >= 15 is 0 Å². The number of hydrogen-bond acceptors (Lipinski definition) is 4. The van der Waals surface area contributed by atoms with Gasteiger partial charge in [-0.05, 0) is 65.2 Å². The molecule has 0 saturated heterocycles. The highest BCUT2D eigenvalue weighted by Crippen LogP contribution is 2.45. The minimum atomic E-state index is -1.18. The average Bonchev–Trinajstić information content (AvgIpc) is 3.65. The zero-order valence-electron chi connectivity index (χ0n) is 26.7. The van der Waals surface area contributed by atoms with E-state index in [9.17, 15) is 15.2 Å². The molecule has 6 heteroatoms. The van der Waals surface area contributed by atoms with Gasteiger partial charge < -0.3 is 9.67 Å². The van der Waals surface area contributed by atoms with Crippen LogP contribution in [0.1, 0.15) is 27.8 Å². The molecule has 1 aliphatic heterocycles. The third kappa shape index (κ3) is 4.61. The van der Waals surface area contributed by atoms with Crippen molar-refractivity contribution in [2.24, 2.45) is 0 Å². The number of fused-ring (bicyclic) bond motifs is 4. The molecule has 1 amide bonds. The van der Waals surface area contributed by atoms with Crippen molar-refractivity contribution in [1.82, 2.24) is 9.55 Å². The van der Waals surface area contributed by atoms with Crippen LogP contribution >= 0.6 is 0 Å². The fraction of sp³-hybridized carbons (Fsp3) is 0.0227. The number of pyridine rings is 1. The van der Waals surface area contributed by atoms with Gasteiger partial charge >= 0.3 is 0 Å². The third-order valence-electron chi connectivity index (χ3n) is 9.55. The predicted molar refractivity (Wildman–Crippen MR) is 198 cm³/mol. The number of aliphatic hydroxyl groups is 1. The van der Waals surface area contributed by atoms with Crippen LogP contribution in [0, 0.1) is 11.3 Å². The minimum absolute atomic E-state index is 0.271. The van der Waals surface area contributed by atoms with Crippen LogP contribution in [0.15, 0.2) is 158 Å². The number of hydrogen-bond donors (Lipinski definition) is 1. The van der Waals surface area contributed by atoms with Gasteiger partial charge in [-0.3, -0.25) is 9.69 Å². The lowest BCUT2D eigenvalue weighted by molar-refractivity contribution is 0.0935. The number of nitrogens with zero attached hydrogens (tertiary/aromatic N) is 4. The van der Waals surface area contributed by atoms with Crippen molar-refractivity contribution in [1.29, 1.82) is 5.26 Å². The molecule has 1 unspecified atom stereocenters. The summed E-state index contributed by atoms with van der Waals surface area (Å²) in [6.07, 6.45) is -1.18. The van der Waals surface area contributed by atoms with Crippen molar-refractivity contribution in [2.75, 3.05) is 4.90 Å². The van der Waals surface area contributed by atoms with E-state index in [1.54, 1.807) is 6.07 Å². The van der Waals surface area contributed by atoms with E-state index in [2.05, 4.69) is 46.0 Å². The molecule has 0 spiro atoms. The van der Waals surface area contributed by atoms with Gasteiger partial charge in [-0.2, -0.15) is 5.26 Å². The molecule has 6 aromatic carbocycles. The van der Waals surface area contributed by atoms with Crippen LogP contribution in [0.3, 0.4) is 0 Å². The molecule has 2 aromatic heterocycles. The summed E-state index contributed by atoms with van der Waals surface area (Å²) in [5, 5.41) is 23.4. The Morgan fingerprint density at radius 2 is 1.30 bits per heavy atom. The van der Waals surface area contributed by atoms with E-state index < -0.39 is 6.23 Å². The summed E-state index contributed by atoms with van der Waals surface area (Å²) in [6, 6.07) is 53.6. The van der Waals surface area contributed by atoms with Crippen molar-refractivity contribution in [3.05, 3.63) is 175 Å². The molecule has 1 aliphatic rings. The highest BCUT2D eigenvalue weighted by Gasteiger charge is 2.40. The summed E-state index contributed by atoms with van der Waals surface area (Å²) < 4.78 is 2.11. The Kier molecular flexibility index (Phi) is 6.87. The molecule has 8 aromatic rings. The first-order chi connectivity index (χ1) is 24.6. The SMILES string of the molecule is N#Cc1cccc(-c2ccc3c(c2)c2ccccc2n3-c2cccc3c2C(=O)N(c2ccc(-c4ccccc4)cc2-c2ccccc2)C3O)n1. The Labute approximate surface area is 288 Å². The van der Waals surface area contributed by atoms with Crippen molar-refractivity contribution in [2.45, 2.75) is 6.23 Å². The standard InChI is InChI=1S/C44H28N4O2/c45-27-32-15-9-18-37(46-32)31-22-24-40-36(26-31)33-16-7-8-19-38(33)47(40)41-20-10-17-34-42(41)44(50)48(43(34)49)39-23-21-30(28-11-3-1-4-12-28)25-35(39)29-13-5-2-6-14-29/h1-26,43,49H. The lowest BCUT2D eigenvalue weighted by atomic mass is 9.96. The normalized spacial score (nSPS) is 13.9. The first-order valence-electron chi connectivity index (χ1n) is 16.4. The molecule has 3 heterocycles. The summed E-state index contributed by atoms with van der Waals surface area (Å²) in [5.41, 5.74) is 10.0. The van der Waals surface area contributed by atoms with Gasteiger partial charge in [0.25, 0.3) is 5.91 Å². The second-order valence-corrected chi connectivity index (χ2v) is 12.4. The van der Waals surface area contributed by atoms with Crippen molar-refractivity contribution in [3.8, 4) is 45.3 Å². The van der Waals surface area contributed by atoms with Crippen LogP contribution < -0.4 is 4.90 Å². The molecular formula is C44H28N4O2. The number of para-hydroxylation sites is 1. The molecule has 6 nitrogen and oxygen atoms in total. The largest absolute Gasteiger partial charge is 0.369 e. The van der Waals surface area contributed by atoms with Gasteiger partial charge in [0.2, 0.25) is 0 Å². The first kappa shape index (κ1) is 29.3. The summed E-state index contributed by atoms with van der Waals surface area (Å²) in [5.74, 6) is -0.271. The summed E-state index contributed by atoms with van der Waals surface area (Å²) >= 11 is 0. The summed E-state index contributed by atoms with van der Waals surface area (Å²) in [4.78, 5) is 20.8. The van der Waals surface area contributed by atoms with Gasteiger partial charge in [-0.25, -0.2) is 4.98 Å². The summed E-state index contributed by atoms with van der Waals surface area (Å²) in [6.45, 7) is 0. The fourth-order valence-electron chi connectivity index (χ4n) is 7.26. The third-order valence-corrected chi connectivity index (χ3v) is 9.55. The summed E-state index contributed by atoms with van der Waals surface area (Å²) in [7, 11) is 0. The maximum atomic E-state index is 14.8. The number of amides is 1. The molecule has 0 fully saturated rings. The number of nitriles is 1. The second-order valence-electron chi connectivity index (χ2n) is 12.4. The van der Waals surface area contributed by atoms with Gasteiger partial charge in [0.05, 0.1) is 33.7 Å². The Bertz CT molecular complexity index is 2660. The van der Waals surface area contributed by atoms with Crippen LogP contribution in [-0.2, 0) is 0 Å². The fourth-order valence-corrected chi connectivity index (χ4v) is 7.26. The number of benzene rings is 6. The number of rotatable bonds is 5. The Morgan fingerprint density at radius 3 is 2.10 bits per heavy atom. The van der Waals surface area contributed by atoms with Crippen LogP contribution in [0.25, 0.3) is 61.0 Å². The lowest BCUT2D eigenvalue weighted by Crippen LogP contribution is -2.28. The van der Waals surface area contributed by atoms with E-state index in [1.165, 1.54) is 4.90 Å². The first-order valence-corrected chi connectivity index (χ1v) is 16.4. The number of carbonyl (C=O) groups is 1. The Hall–Kier alpha value is -6.81. The molecule has 9 rings (SSSR count). The maximum Gasteiger partial charge on any atom is 0.263 e. The van der Waals surface area contributed by atoms with Gasteiger partial charge in [0.15, 0.2) is 6.23 Å². The molecule has 1 N–H and O–H groups in total. The molecule has 50 heavy (non-hydrogen) atoms. The smallest absolute Gasteiger partial charge is 0.263 e. The van der Waals surface area contributed by atoms with E-state index in [4.69, 9.17) is 0 Å². The van der Waals surface area contributed by atoms with E-state index in [-0.39, 0.29) is 5.91 Å². The van der Waals surface area contributed by atoms with E-state index in [0.29, 0.717) is 33.9 Å². The average molecular weight is 645 g/mol. The molecular weight excluding hydrogens is 617 g/mol. The van der Waals surface area contributed by atoms with Crippen LogP contribution in [0.2, 0.25) is 0 Å². The minimum Gasteiger partial charge on any atom is -0.369 e. The second kappa shape index (κ2) is 11.7. The van der Waals surface area contributed by atoms with Crippen LogP contribution in [-0.4, -0.2) is 20.6 Å². The zero-order valence-corrected chi connectivity index (χ0v) is 26.7. The highest BCUT2D eigenvalue weighted by atomic mass is 16.3. The number of aliphatic hydroxyl groups excluding tert-OH is 1. The molecule has 236 valence electrons. The number of carbonyl (C=O) groups excluding carboxylic acids is 1. The highest BCUT2D eigenvalue weighted by molar-refractivity contribution is 6.17. The van der Waals surface area contributed by atoms with Crippen LogP contribution in [0.4, 0.5) is 5.69 Å². The van der Waals surface area contributed by atoms with Crippen molar-refractivity contribution in [3.63, 3.8) is 0 Å². The molecule has 0 saturated carbocycles. The van der Waals surface area contributed by atoms with Gasteiger partial charge in [-0.1, -0.05) is 109 Å². The lowest BCUT2D eigenvalue weighted by Gasteiger charge is -2.25. The van der Waals surface area contributed by atoms with Crippen molar-refractivity contribution >= 4 is 33.4 Å². The zero-order chi connectivity index (χ0) is 33.8. The van der Waals surface area contributed by atoms with Crippen molar-refractivity contribution < 1.29 is 9.90 Å². The molecule has 0 aliphatic carbocycles. The van der Waals surface area contributed by atoms with Gasteiger partial charge in [0.1, 0.15) is 11.8 Å². The maximum absolute atomic E-state index is 14.8. The number of aromatic nitrogens is 2. The van der Waals surface area contributed by atoms with Gasteiger partial charge in [-0.15, -0.1) is 0 Å². The molecule has 1 atom stereocenters.